The minimum absolute atomic E-state index is 0.0703. The molecule has 2 amide bonds. The number of hydrogen-bond acceptors (Lipinski definition) is 5. The fourth-order valence-corrected chi connectivity index (χ4v) is 3.78. The summed E-state index contributed by atoms with van der Waals surface area (Å²) >= 11 is 6.16. The maximum atomic E-state index is 12.7. The molecule has 0 radical (unpaired) electrons. The normalized spacial score (nSPS) is 14.8. The Hall–Kier alpha value is -3.36. The molecule has 4 rings (SSSR count). The SMILES string of the molecule is COCc1nn2c(c1-c1cccc(Cl)c1)NC(=O)C2CC(=O)Nc1cccc(OC)c1. The van der Waals surface area contributed by atoms with Gasteiger partial charge in [0.2, 0.25) is 5.91 Å². The zero-order valence-electron chi connectivity index (χ0n) is 17.0. The van der Waals surface area contributed by atoms with Crippen molar-refractivity contribution in [2.24, 2.45) is 0 Å². The van der Waals surface area contributed by atoms with Crippen LogP contribution in [0.1, 0.15) is 18.2 Å². The van der Waals surface area contributed by atoms with Gasteiger partial charge in [0.15, 0.2) is 0 Å². The molecule has 1 aromatic heterocycles. The van der Waals surface area contributed by atoms with Gasteiger partial charge in [0.25, 0.3) is 5.91 Å². The van der Waals surface area contributed by atoms with E-state index in [0.29, 0.717) is 28.0 Å². The molecule has 1 aliphatic rings. The van der Waals surface area contributed by atoms with Gasteiger partial charge in [0.1, 0.15) is 17.6 Å². The van der Waals surface area contributed by atoms with Crippen LogP contribution in [0.25, 0.3) is 11.1 Å². The molecule has 2 heterocycles. The number of fused-ring (bicyclic) bond motifs is 1. The molecule has 0 saturated heterocycles. The molecule has 0 spiro atoms. The molecule has 0 bridgehead atoms. The lowest BCUT2D eigenvalue weighted by Gasteiger charge is -2.11. The van der Waals surface area contributed by atoms with Crippen LogP contribution in [-0.2, 0) is 20.9 Å². The van der Waals surface area contributed by atoms with Crippen molar-refractivity contribution in [1.82, 2.24) is 9.78 Å². The molecular formula is C22H21ClN4O4. The van der Waals surface area contributed by atoms with Gasteiger partial charge in [0, 0.05) is 29.4 Å². The third-order valence-corrected chi connectivity index (χ3v) is 5.18. The van der Waals surface area contributed by atoms with E-state index < -0.39 is 6.04 Å². The van der Waals surface area contributed by atoms with Crippen molar-refractivity contribution in [3.05, 3.63) is 59.2 Å². The van der Waals surface area contributed by atoms with Crippen LogP contribution < -0.4 is 15.4 Å². The molecule has 3 aromatic rings. The van der Waals surface area contributed by atoms with Crippen molar-refractivity contribution < 1.29 is 19.1 Å². The van der Waals surface area contributed by atoms with E-state index in [0.717, 1.165) is 11.1 Å². The number of rotatable bonds is 7. The van der Waals surface area contributed by atoms with Gasteiger partial charge in [-0.1, -0.05) is 29.8 Å². The van der Waals surface area contributed by atoms with Crippen LogP contribution in [0.3, 0.4) is 0 Å². The molecule has 2 aromatic carbocycles. The van der Waals surface area contributed by atoms with Crippen LogP contribution in [0.2, 0.25) is 5.02 Å². The van der Waals surface area contributed by atoms with E-state index in [1.54, 1.807) is 55.3 Å². The summed E-state index contributed by atoms with van der Waals surface area (Å²) in [6.07, 6.45) is -0.0703. The van der Waals surface area contributed by atoms with Crippen LogP contribution in [-0.4, -0.2) is 35.8 Å². The summed E-state index contributed by atoms with van der Waals surface area (Å²) in [5, 5.41) is 10.8. The van der Waals surface area contributed by atoms with Crippen LogP contribution in [0.5, 0.6) is 5.75 Å². The Morgan fingerprint density at radius 2 is 2.03 bits per heavy atom. The van der Waals surface area contributed by atoms with E-state index in [1.807, 2.05) is 12.1 Å². The predicted molar refractivity (Wildman–Crippen MR) is 117 cm³/mol. The first-order valence-electron chi connectivity index (χ1n) is 9.61. The number of ether oxygens (including phenoxy) is 2. The first kappa shape index (κ1) is 20.9. The number of anilines is 2. The van der Waals surface area contributed by atoms with E-state index >= 15 is 0 Å². The van der Waals surface area contributed by atoms with Gasteiger partial charge < -0.3 is 20.1 Å². The first-order chi connectivity index (χ1) is 15.0. The molecule has 0 saturated carbocycles. The van der Waals surface area contributed by atoms with Crippen LogP contribution >= 0.6 is 11.6 Å². The van der Waals surface area contributed by atoms with E-state index in [-0.39, 0.29) is 24.8 Å². The Bertz CT molecular complexity index is 1140. The highest BCUT2D eigenvalue weighted by Crippen LogP contribution is 2.39. The third-order valence-electron chi connectivity index (χ3n) is 4.95. The minimum Gasteiger partial charge on any atom is -0.497 e. The summed E-state index contributed by atoms with van der Waals surface area (Å²) in [5.74, 6) is 0.546. The Morgan fingerprint density at radius 1 is 1.23 bits per heavy atom. The van der Waals surface area contributed by atoms with E-state index in [2.05, 4.69) is 15.7 Å². The predicted octanol–water partition coefficient (Wildman–Crippen LogP) is 3.88. The average Bonchev–Trinajstić information content (AvgIpc) is 3.23. The Kier molecular flexibility index (Phi) is 5.92. The summed E-state index contributed by atoms with van der Waals surface area (Å²) in [5.41, 5.74) is 2.78. The van der Waals surface area contributed by atoms with Crippen molar-refractivity contribution >= 4 is 34.9 Å². The lowest BCUT2D eigenvalue weighted by atomic mass is 10.1. The zero-order valence-corrected chi connectivity index (χ0v) is 17.8. The van der Waals surface area contributed by atoms with Crippen molar-refractivity contribution in [1.29, 1.82) is 0 Å². The molecule has 8 nitrogen and oxygen atoms in total. The number of aromatic nitrogens is 2. The fourth-order valence-electron chi connectivity index (χ4n) is 3.59. The van der Waals surface area contributed by atoms with Crippen molar-refractivity contribution in [2.75, 3.05) is 24.9 Å². The molecule has 160 valence electrons. The van der Waals surface area contributed by atoms with E-state index in [4.69, 9.17) is 21.1 Å². The Balaban J connectivity index is 1.61. The number of hydrogen-bond donors (Lipinski definition) is 2. The number of amides is 2. The number of carbonyl (C=O) groups is 2. The third kappa shape index (κ3) is 4.26. The average molecular weight is 441 g/mol. The Labute approximate surface area is 184 Å². The highest BCUT2D eigenvalue weighted by molar-refractivity contribution is 6.30. The maximum absolute atomic E-state index is 12.7. The summed E-state index contributed by atoms with van der Waals surface area (Å²) in [7, 11) is 3.13. The standard InChI is InChI=1S/C22H21ClN4O4/c1-30-12-17-20(13-5-3-6-14(23)9-13)21-25-22(29)18(27(21)26-17)11-19(28)24-15-7-4-8-16(10-15)31-2/h3-10,18H,11-12H2,1-2H3,(H,24,28)(H,25,29). The van der Waals surface area contributed by atoms with Crippen molar-refractivity contribution in [3.63, 3.8) is 0 Å². The number of nitrogens with zero attached hydrogens (tertiary/aromatic N) is 2. The number of nitrogens with one attached hydrogen (secondary N) is 2. The largest absolute Gasteiger partial charge is 0.497 e. The lowest BCUT2D eigenvalue weighted by molar-refractivity contribution is -0.123. The smallest absolute Gasteiger partial charge is 0.251 e. The fraction of sp³-hybridized carbons (Fsp3) is 0.227. The number of benzene rings is 2. The van der Waals surface area contributed by atoms with Gasteiger partial charge in [-0.3, -0.25) is 9.59 Å². The van der Waals surface area contributed by atoms with E-state index in [1.165, 1.54) is 0 Å². The van der Waals surface area contributed by atoms with Crippen molar-refractivity contribution in [2.45, 2.75) is 19.1 Å². The monoisotopic (exact) mass is 440 g/mol. The summed E-state index contributed by atoms with van der Waals surface area (Å²) in [6, 6.07) is 13.5. The molecule has 1 unspecified atom stereocenters. The molecule has 2 N–H and O–H groups in total. The molecular weight excluding hydrogens is 420 g/mol. The zero-order chi connectivity index (χ0) is 22.0. The topological polar surface area (TPSA) is 94.5 Å². The molecule has 0 fully saturated rings. The molecule has 0 aliphatic carbocycles. The van der Waals surface area contributed by atoms with Gasteiger partial charge in [-0.25, -0.2) is 4.68 Å². The molecule has 9 heteroatoms. The molecule has 1 aliphatic heterocycles. The summed E-state index contributed by atoms with van der Waals surface area (Å²) in [4.78, 5) is 25.3. The first-order valence-corrected chi connectivity index (χ1v) is 9.99. The highest BCUT2D eigenvalue weighted by atomic mass is 35.5. The summed E-state index contributed by atoms with van der Waals surface area (Å²) < 4.78 is 12.0. The molecule has 1 atom stereocenters. The number of halogens is 1. The highest BCUT2D eigenvalue weighted by Gasteiger charge is 2.37. The number of methoxy groups -OCH3 is 2. The van der Waals surface area contributed by atoms with Crippen molar-refractivity contribution in [3.8, 4) is 16.9 Å². The van der Waals surface area contributed by atoms with Gasteiger partial charge in [-0.15, -0.1) is 0 Å². The van der Waals surface area contributed by atoms with Gasteiger partial charge >= 0.3 is 0 Å². The minimum atomic E-state index is -0.774. The lowest BCUT2D eigenvalue weighted by Crippen LogP contribution is -2.24. The molecule has 31 heavy (non-hydrogen) atoms. The second-order valence-corrected chi connectivity index (χ2v) is 7.48. The van der Waals surface area contributed by atoms with Gasteiger partial charge in [-0.2, -0.15) is 5.10 Å². The van der Waals surface area contributed by atoms with Crippen LogP contribution in [0, 0.1) is 0 Å². The quantitative estimate of drug-likeness (QED) is 0.581. The van der Waals surface area contributed by atoms with Gasteiger partial charge in [-0.05, 0) is 29.8 Å². The second kappa shape index (κ2) is 8.79. The second-order valence-electron chi connectivity index (χ2n) is 7.05. The number of carbonyl (C=O) groups excluding carboxylic acids is 2. The van der Waals surface area contributed by atoms with Crippen LogP contribution in [0.15, 0.2) is 48.5 Å². The van der Waals surface area contributed by atoms with Crippen LogP contribution in [0.4, 0.5) is 11.5 Å². The maximum Gasteiger partial charge on any atom is 0.251 e. The van der Waals surface area contributed by atoms with Gasteiger partial charge in [0.05, 0.1) is 25.8 Å². The summed E-state index contributed by atoms with van der Waals surface area (Å²) in [6.45, 7) is 0.250. The Morgan fingerprint density at radius 3 is 2.77 bits per heavy atom. The van der Waals surface area contributed by atoms with E-state index in [9.17, 15) is 9.59 Å².